The minimum atomic E-state index is -0.853. The van der Waals surface area contributed by atoms with E-state index in [1.807, 2.05) is 32.0 Å². The number of hydrogen-bond donors (Lipinski definition) is 2. The lowest BCUT2D eigenvalue weighted by Gasteiger charge is -2.14. The van der Waals surface area contributed by atoms with E-state index in [1.165, 1.54) is 6.07 Å². The van der Waals surface area contributed by atoms with Gasteiger partial charge in [0.1, 0.15) is 17.4 Å². The summed E-state index contributed by atoms with van der Waals surface area (Å²) in [6.07, 6.45) is 0. The molecule has 168 valence electrons. The Labute approximate surface area is 193 Å². The number of nitrogens with zero attached hydrogens (tertiary/aromatic N) is 3. The Morgan fingerprint density at radius 2 is 1.85 bits per heavy atom. The number of aromatic hydroxyl groups is 1. The van der Waals surface area contributed by atoms with Crippen molar-refractivity contribution in [2.24, 2.45) is 0 Å². The quantitative estimate of drug-likeness (QED) is 0.379. The lowest BCUT2D eigenvalue weighted by atomic mass is 10.1. The van der Waals surface area contributed by atoms with E-state index < -0.39 is 17.5 Å². The Hall–Kier alpha value is -3.72. The van der Waals surface area contributed by atoms with Gasteiger partial charge in [-0.15, -0.1) is 10.2 Å². The van der Waals surface area contributed by atoms with Crippen molar-refractivity contribution in [1.82, 2.24) is 14.8 Å². The second-order valence-corrected chi connectivity index (χ2v) is 8.35. The molecule has 0 aliphatic heterocycles. The number of rotatable bonds is 6. The van der Waals surface area contributed by atoms with Crippen molar-refractivity contribution in [3.05, 3.63) is 83.4 Å². The number of para-hydroxylation sites is 1. The van der Waals surface area contributed by atoms with Gasteiger partial charge in [0.2, 0.25) is 5.91 Å². The molecule has 2 N–H and O–H groups in total. The predicted molar refractivity (Wildman–Crippen MR) is 124 cm³/mol. The van der Waals surface area contributed by atoms with E-state index >= 15 is 0 Å². The van der Waals surface area contributed by atoms with Crippen molar-refractivity contribution < 1.29 is 18.7 Å². The zero-order valence-electron chi connectivity index (χ0n) is 17.8. The molecular weight excluding hydrogens is 446 g/mol. The molecule has 0 saturated heterocycles. The van der Waals surface area contributed by atoms with Gasteiger partial charge in [-0.05, 0) is 49.7 Å². The predicted octanol–water partition coefficient (Wildman–Crippen LogP) is 5.27. The van der Waals surface area contributed by atoms with Crippen LogP contribution in [0.1, 0.15) is 11.1 Å². The highest BCUT2D eigenvalue weighted by molar-refractivity contribution is 7.99. The van der Waals surface area contributed by atoms with Gasteiger partial charge in [-0.1, -0.05) is 41.6 Å². The van der Waals surface area contributed by atoms with Crippen molar-refractivity contribution in [3.63, 3.8) is 0 Å². The second kappa shape index (κ2) is 9.41. The van der Waals surface area contributed by atoms with E-state index in [-0.39, 0.29) is 17.2 Å². The van der Waals surface area contributed by atoms with Crippen LogP contribution in [0.2, 0.25) is 0 Å². The summed E-state index contributed by atoms with van der Waals surface area (Å²) >= 11 is 1.11. The summed E-state index contributed by atoms with van der Waals surface area (Å²) in [6.45, 7) is 3.94. The Morgan fingerprint density at radius 3 is 2.58 bits per heavy atom. The van der Waals surface area contributed by atoms with E-state index in [0.29, 0.717) is 22.6 Å². The van der Waals surface area contributed by atoms with Crippen LogP contribution in [0, 0.1) is 25.5 Å². The number of hydrogen-bond acceptors (Lipinski definition) is 5. The lowest BCUT2D eigenvalue weighted by Crippen LogP contribution is -2.15. The number of carbonyl (C=O) groups is 1. The maximum Gasteiger partial charge on any atom is 0.234 e. The van der Waals surface area contributed by atoms with E-state index in [1.54, 1.807) is 28.8 Å². The third-order valence-electron chi connectivity index (χ3n) is 4.91. The summed E-state index contributed by atoms with van der Waals surface area (Å²) in [5.41, 5.74) is 3.24. The van der Waals surface area contributed by atoms with Crippen molar-refractivity contribution in [3.8, 4) is 22.8 Å². The summed E-state index contributed by atoms with van der Waals surface area (Å²) in [7, 11) is 0. The van der Waals surface area contributed by atoms with Gasteiger partial charge in [0.05, 0.1) is 22.7 Å². The normalized spacial score (nSPS) is 10.9. The summed E-state index contributed by atoms with van der Waals surface area (Å²) in [5.74, 6) is -1.67. The number of aryl methyl sites for hydroxylation is 2. The van der Waals surface area contributed by atoms with Gasteiger partial charge >= 0.3 is 0 Å². The average molecular weight is 467 g/mol. The number of phenolic OH excluding ortho intramolecular Hbond substituents is 1. The van der Waals surface area contributed by atoms with Crippen molar-refractivity contribution in [2.75, 3.05) is 11.1 Å². The maximum atomic E-state index is 13.9. The smallest absolute Gasteiger partial charge is 0.234 e. The molecule has 33 heavy (non-hydrogen) atoms. The van der Waals surface area contributed by atoms with Crippen LogP contribution in [-0.4, -0.2) is 31.5 Å². The molecule has 6 nitrogen and oxygen atoms in total. The number of amides is 1. The molecule has 0 radical (unpaired) electrons. The van der Waals surface area contributed by atoms with E-state index in [0.717, 1.165) is 34.6 Å². The summed E-state index contributed by atoms with van der Waals surface area (Å²) in [4.78, 5) is 12.4. The summed E-state index contributed by atoms with van der Waals surface area (Å²) < 4.78 is 28.7. The fraction of sp³-hybridized carbons (Fsp3) is 0.125. The van der Waals surface area contributed by atoms with Gasteiger partial charge in [0, 0.05) is 6.07 Å². The van der Waals surface area contributed by atoms with Gasteiger partial charge in [-0.25, -0.2) is 8.78 Å². The standard InChI is InChI=1S/C24H20F2N4O2S/c1-14-7-10-20(15(2)11-14)30-23(17-5-3-4-6-21(17)31)28-29-24(30)33-13-22(32)27-19-9-8-16(25)12-18(19)26/h3-12,31H,13H2,1-2H3,(H,27,32). The van der Waals surface area contributed by atoms with E-state index in [9.17, 15) is 18.7 Å². The monoisotopic (exact) mass is 466 g/mol. The van der Waals surface area contributed by atoms with Crippen molar-refractivity contribution in [1.29, 1.82) is 0 Å². The molecule has 1 amide bonds. The highest BCUT2D eigenvalue weighted by atomic mass is 32.2. The minimum absolute atomic E-state index is 0.0528. The van der Waals surface area contributed by atoms with Crippen LogP contribution in [0.25, 0.3) is 17.1 Å². The first-order valence-electron chi connectivity index (χ1n) is 10.0. The summed E-state index contributed by atoms with van der Waals surface area (Å²) in [5, 5.41) is 21.7. The fourth-order valence-electron chi connectivity index (χ4n) is 3.38. The molecule has 1 heterocycles. The molecule has 0 aliphatic carbocycles. The third-order valence-corrected chi connectivity index (χ3v) is 5.84. The highest BCUT2D eigenvalue weighted by Crippen LogP contribution is 2.33. The number of anilines is 1. The van der Waals surface area contributed by atoms with Gasteiger partial charge in [-0.3, -0.25) is 9.36 Å². The average Bonchev–Trinajstić information content (AvgIpc) is 3.18. The van der Waals surface area contributed by atoms with Gasteiger partial charge in [0.25, 0.3) is 0 Å². The Kier molecular flexibility index (Phi) is 6.41. The van der Waals surface area contributed by atoms with Crippen LogP contribution in [0.3, 0.4) is 0 Å². The number of benzene rings is 3. The lowest BCUT2D eigenvalue weighted by molar-refractivity contribution is -0.113. The number of nitrogens with one attached hydrogen (secondary N) is 1. The number of phenols is 1. The maximum absolute atomic E-state index is 13.9. The first-order chi connectivity index (χ1) is 15.8. The molecule has 0 bridgehead atoms. The zero-order chi connectivity index (χ0) is 23.5. The Bertz CT molecular complexity index is 1340. The molecule has 0 spiro atoms. The van der Waals surface area contributed by atoms with Gasteiger partial charge in [0.15, 0.2) is 11.0 Å². The van der Waals surface area contributed by atoms with E-state index in [2.05, 4.69) is 15.5 Å². The molecule has 0 saturated carbocycles. The van der Waals surface area contributed by atoms with Crippen LogP contribution < -0.4 is 5.32 Å². The van der Waals surface area contributed by atoms with E-state index in [4.69, 9.17) is 0 Å². The molecule has 0 aliphatic rings. The highest BCUT2D eigenvalue weighted by Gasteiger charge is 2.20. The molecule has 0 fully saturated rings. The number of carbonyl (C=O) groups excluding carboxylic acids is 1. The zero-order valence-corrected chi connectivity index (χ0v) is 18.7. The molecular formula is C24H20F2N4O2S. The largest absolute Gasteiger partial charge is 0.507 e. The fourth-order valence-corrected chi connectivity index (χ4v) is 4.13. The van der Waals surface area contributed by atoms with Crippen LogP contribution in [0.4, 0.5) is 14.5 Å². The van der Waals surface area contributed by atoms with Crippen LogP contribution in [0.15, 0.2) is 65.8 Å². The molecule has 1 aromatic heterocycles. The third kappa shape index (κ3) is 4.88. The van der Waals surface area contributed by atoms with Crippen molar-refractivity contribution in [2.45, 2.75) is 19.0 Å². The van der Waals surface area contributed by atoms with Crippen molar-refractivity contribution >= 4 is 23.4 Å². The van der Waals surface area contributed by atoms with Gasteiger partial charge < -0.3 is 10.4 Å². The Morgan fingerprint density at radius 1 is 1.06 bits per heavy atom. The molecule has 3 aromatic carbocycles. The molecule has 9 heteroatoms. The molecule has 0 unspecified atom stereocenters. The molecule has 4 aromatic rings. The second-order valence-electron chi connectivity index (χ2n) is 7.41. The SMILES string of the molecule is Cc1ccc(-n2c(SCC(=O)Nc3ccc(F)cc3F)nnc2-c2ccccc2O)c(C)c1. The molecule has 0 atom stereocenters. The molecule has 4 rings (SSSR count). The minimum Gasteiger partial charge on any atom is -0.507 e. The Balaban J connectivity index is 1.65. The van der Waals surface area contributed by atoms with Crippen LogP contribution >= 0.6 is 11.8 Å². The number of aromatic nitrogens is 3. The first kappa shape index (κ1) is 22.5. The topological polar surface area (TPSA) is 80.0 Å². The number of halogens is 2. The first-order valence-corrected chi connectivity index (χ1v) is 11.0. The van der Waals surface area contributed by atoms with Crippen LogP contribution in [-0.2, 0) is 4.79 Å². The summed E-state index contributed by atoms with van der Waals surface area (Å²) in [6, 6.07) is 15.6. The van der Waals surface area contributed by atoms with Crippen LogP contribution in [0.5, 0.6) is 5.75 Å². The number of thioether (sulfide) groups is 1. The van der Waals surface area contributed by atoms with Gasteiger partial charge in [-0.2, -0.15) is 0 Å².